The van der Waals surface area contributed by atoms with Gasteiger partial charge in [-0.25, -0.2) is 0 Å². The fourth-order valence-electron chi connectivity index (χ4n) is 2.05. The van der Waals surface area contributed by atoms with E-state index >= 15 is 0 Å². The maximum Gasteiger partial charge on any atom is 0.293 e. The minimum absolute atomic E-state index is 0.175. The molecule has 3 rings (SSSR count). The average molecular weight is 331 g/mol. The summed E-state index contributed by atoms with van der Waals surface area (Å²) < 4.78 is 0. The maximum atomic E-state index is 12.4. The summed E-state index contributed by atoms with van der Waals surface area (Å²) in [6, 6.07) is 10.8. The molecular weight excluding hydrogens is 320 g/mol. The standard InChI is InChI=1S/C16H11ClN2O2S/c17-13-6-2-1-5-12(13)10-19-15(20)14(22-16(19)21)8-11-4-3-7-18-9-11/h1-9H,10H2/b14-8+. The van der Waals surface area contributed by atoms with Crippen LogP contribution in [0.25, 0.3) is 6.08 Å². The molecule has 4 nitrogen and oxygen atoms in total. The first-order valence-corrected chi connectivity index (χ1v) is 7.73. The Morgan fingerprint density at radius 3 is 2.73 bits per heavy atom. The van der Waals surface area contributed by atoms with Crippen LogP contribution in [0, 0.1) is 0 Å². The lowest BCUT2D eigenvalue weighted by atomic mass is 10.2. The highest BCUT2D eigenvalue weighted by molar-refractivity contribution is 8.18. The molecule has 1 aromatic carbocycles. The van der Waals surface area contributed by atoms with Gasteiger partial charge in [-0.2, -0.15) is 0 Å². The van der Waals surface area contributed by atoms with E-state index in [2.05, 4.69) is 4.98 Å². The van der Waals surface area contributed by atoms with Crippen LogP contribution >= 0.6 is 23.4 Å². The Morgan fingerprint density at radius 2 is 2.00 bits per heavy atom. The summed E-state index contributed by atoms with van der Waals surface area (Å²) in [5, 5.41) is 0.248. The average Bonchev–Trinajstić information content (AvgIpc) is 2.78. The van der Waals surface area contributed by atoms with Crippen LogP contribution in [0.15, 0.2) is 53.7 Å². The van der Waals surface area contributed by atoms with Crippen molar-refractivity contribution in [2.75, 3.05) is 0 Å². The minimum Gasteiger partial charge on any atom is -0.268 e. The highest BCUT2D eigenvalue weighted by atomic mass is 35.5. The van der Waals surface area contributed by atoms with E-state index in [1.807, 2.05) is 18.2 Å². The zero-order valence-electron chi connectivity index (χ0n) is 11.4. The van der Waals surface area contributed by atoms with Crippen LogP contribution in [0.3, 0.4) is 0 Å². The van der Waals surface area contributed by atoms with Gasteiger partial charge in [0.05, 0.1) is 11.4 Å². The van der Waals surface area contributed by atoms with E-state index in [1.54, 1.807) is 36.7 Å². The molecule has 0 bridgehead atoms. The quantitative estimate of drug-likeness (QED) is 0.799. The number of carbonyl (C=O) groups excluding carboxylic acids is 2. The number of aromatic nitrogens is 1. The van der Waals surface area contributed by atoms with Gasteiger partial charge in [-0.05, 0) is 41.1 Å². The Morgan fingerprint density at radius 1 is 1.18 bits per heavy atom. The van der Waals surface area contributed by atoms with Crippen LogP contribution in [0.2, 0.25) is 5.02 Å². The third-order valence-corrected chi connectivity index (χ3v) is 4.42. The van der Waals surface area contributed by atoms with Gasteiger partial charge in [0.2, 0.25) is 0 Å². The summed E-state index contributed by atoms with van der Waals surface area (Å²) in [5.41, 5.74) is 1.53. The summed E-state index contributed by atoms with van der Waals surface area (Å²) in [5.74, 6) is -0.307. The Bertz CT molecular complexity index is 762. The molecule has 0 N–H and O–H groups in total. The van der Waals surface area contributed by atoms with Gasteiger partial charge in [-0.1, -0.05) is 35.9 Å². The van der Waals surface area contributed by atoms with Gasteiger partial charge in [0.1, 0.15) is 0 Å². The van der Waals surface area contributed by atoms with Crippen molar-refractivity contribution in [1.82, 2.24) is 9.88 Å². The normalized spacial score (nSPS) is 16.6. The fourth-order valence-corrected chi connectivity index (χ4v) is 3.08. The highest BCUT2D eigenvalue weighted by Crippen LogP contribution is 2.33. The van der Waals surface area contributed by atoms with E-state index in [1.165, 1.54) is 4.90 Å². The van der Waals surface area contributed by atoms with Crippen molar-refractivity contribution in [2.45, 2.75) is 6.54 Å². The van der Waals surface area contributed by atoms with Gasteiger partial charge in [-0.3, -0.25) is 19.5 Å². The Hall–Kier alpha value is -2.11. The molecule has 0 aliphatic carbocycles. The summed E-state index contributed by atoms with van der Waals surface area (Å²) in [4.78, 5) is 30.0. The van der Waals surface area contributed by atoms with Crippen LogP contribution in [0.5, 0.6) is 0 Å². The Balaban J connectivity index is 1.83. The number of nitrogens with zero attached hydrogens (tertiary/aromatic N) is 2. The molecule has 1 aromatic heterocycles. The molecule has 2 amide bonds. The second-order valence-electron chi connectivity index (χ2n) is 4.65. The smallest absolute Gasteiger partial charge is 0.268 e. The van der Waals surface area contributed by atoms with Crippen LogP contribution < -0.4 is 0 Å². The topological polar surface area (TPSA) is 50.3 Å². The van der Waals surface area contributed by atoms with Crippen LogP contribution in [0.1, 0.15) is 11.1 Å². The predicted octanol–water partition coefficient (Wildman–Crippen LogP) is 3.97. The van der Waals surface area contributed by atoms with Gasteiger partial charge in [0.25, 0.3) is 11.1 Å². The lowest BCUT2D eigenvalue weighted by molar-refractivity contribution is -0.123. The van der Waals surface area contributed by atoms with Crippen molar-refractivity contribution >= 4 is 40.6 Å². The SMILES string of the molecule is O=C1S/C(=C/c2cccnc2)C(=O)N1Cc1ccccc1Cl. The molecule has 0 radical (unpaired) electrons. The molecule has 22 heavy (non-hydrogen) atoms. The monoisotopic (exact) mass is 330 g/mol. The zero-order valence-corrected chi connectivity index (χ0v) is 13.0. The molecule has 1 aliphatic heterocycles. The van der Waals surface area contributed by atoms with Gasteiger partial charge in [0.15, 0.2) is 0 Å². The molecule has 2 heterocycles. The van der Waals surface area contributed by atoms with Crippen LogP contribution in [-0.2, 0) is 11.3 Å². The number of rotatable bonds is 3. The molecule has 2 aromatic rings. The van der Waals surface area contributed by atoms with Crippen LogP contribution in [0.4, 0.5) is 4.79 Å². The van der Waals surface area contributed by atoms with Crippen molar-refractivity contribution < 1.29 is 9.59 Å². The molecule has 0 saturated carbocycles. The largest absolute Gasteiger partial charge is 0.293 e. The Kier molecular flexibility index (Phi) is 4.27. The fraction of sp³-hybridized carbons (Fsp3) is 0.0625. The first kappa shape index (κ1) is 14.8. The molecule has 1 saturated heterocycles. The molecular formula is C16H11ClN2O2S. The second-order valence-corrected chi connectivity index (χ2v) is 6.05. The third kappa shape index (κ3) is 3.05. The second kappa shape index (κ2) is 6.34. The number of thioether (sulfide) groups is 1. The van der Waals surface area contributed by atoms with Crippen LogP contribution in [-0.4, -0.2) is 21.0 Å². The molecule has 0 atom stereocenters. The molecule has 0 unspecified atom stereocenters. The Labute approximate surface area is 136 Å². The molecule has 0 spiro atoms. The molecule has 1 fully saturated rings. The number of hydrogen-bond donors (Lipinski definition) is 0. The number of carbonyl (C=O) groups is 2. The van der Waals surface area contributed by atoms with E-state index in [9.17, 15) is 9.59 Å². The predicted molar refractivity (Wildman–Crippen MR) is 87.2 cm³/mol. The number of amides is 2. The third-order valence-electron chi connectivity index (χ3n) is 3.14. The summed E-state index contributed by atoms with van der Waals surface area (Å²) in [6.07, 6.45) is 4.97. The summed E-state index contributed by atoms with van der Waals surface area (Å²) in [6.45, 7) is 0.175. The first-order chi connectivity index (χ1) is 10.6. The van der Waals surface area contributed by atoms with E-state index in [0.717, 1.165) is 22.9 Å². The van der Waals surface area contributed by atoms with E-state index in [4.69, 9.17) is 11.6 Å². The lowest BCUT2D eigenvalue weighted by Gasteiger charge is -2.13. The van der Waals surface area contributed by atoms with Crippen molar-refractivity contribution in [3.63, 3.8) is 0 Å². The van der Waals surface area contributed by atoms with Gasteiger partial charge >= 0.3 is 0 Å². The van der Waals surface area contributed by atoms with Crippen molar-refractivity contribution in [3.05, 3.63) is 69.8 Å². The summed E-state index contributed by atoms with van der Waals surface area (Å²) in [7, 11) is 0. The number of imide groups is 1. The number of pyridine rings is 1. The molecule has 1 aliphatic rings. The van der Waals surface area contributed by atoms with E-state index in [0.29, 0.717) is 9.93 Å². The maximum absolute atomic E-state index is 12.4. The summed E-state index contributed by atoms with van der Waals surface area (Å²) >= 11 is 7.01. The van der Waals surface area contributed by atoms with Crippen molar-refractivity contribution in [2.24, 2.45) is 0 Å². The lowest BCUT2D eigenvalue weighted by Crippen LogP contribution is -2.27. The van der Waals surface area contributed by atoms with Crippen molar-refractivity contribution in [3.8, 4) is 0 Å². The molecule has 110 valence electrons. The zero-order chi connectivity index (χ0) is 15.5. The number of hydrogen-bond acceptors (Lipinski definition) is 4. The van der Waals surface area contributed by atoms with E-state index in [-0.39, 0.29) is 17.7 Å². The minimum atomic E-state index is -0.307. The highest BCUT2D eigenvalue weighted by Gasteiger charge is 2.35. The number of benzene rings is 1. The molecule has 6 heteroatoms. The van der Waals surface area contributed by atoms with Gasteiger partial charge in [-0.15, -0.1) is 0 Å². The first-order valence-electron chi connectivity index (χ1n) is 6.54. The van der Waals surface area contributed by atoms with Gasteiger partial charge < -0.3 is 0 Å². The van der Waals surface area contributed by atoms with Crippen molar-refractivity contribution in [1.29, 1.82) is 0 Å². The van der Waals surface area contributed by atoms with E-state index < -0.39 is 0 Å². The van der Waals surface area contributed by atoms with Gasteiger partial charge in [0, 0.05) is 17.4 Å². The number of halogens is 1.